The first-order valence-corrected chi connectivity index (χ1v) is 11.6. The van der Waals surface area contributed by atoms with E-state index in [1.807, 2.05) is 12.3 Å². The number of piperazine rings is 1. The van der Waals surface area contributed by atoms with E-state index in [2.05, 4.69) is 41.3 Å². The maximum absolute atomic E-state index is 13.5. The number of halogens is 2. The van der Waals surface area contributed by atoms with Crippen LogP contribution in [0.2, 0.25) is 0 Å². The smallest absolute Gasteiger partial charge is 0.191 e. The average molecular weight is 538 g/mol. The summed E-state index contributed by atoms with van der Waals surface area (Å²) in [5, 5.41) is 6.79. The predicted octanol–water partition coefficient (Wildman–Crippen LogP) is 3.25. The number of nitrogens with one attached hydrogen (secondary N) is 2. The van der Waals surface area contributed by atoms with Crippen LogP contribution in [0.5, 0.6) is 0 Å². The first-order valence-electron chi connectivity index (χ1n) is 10.2. The Morgan fingerprint density at radius 3 is 2.59 bits per heavy atom. The third kappa shape index (κ3) is 9.85. The van der Waals surface area contributed by atoms with Gasteiger partial charge in [0.25, 0.3) is 0 Å². The molecule has 1 aromatic carbocycles. The lowest BCUT2D eigenvalue weighted by molar-refractivity contribution is 0.139. The topological polar surface area (TPSA) is 42.9 Å². The molecule has 1 unspecified atom stereocenters. The maximum atomic E-state index is 13.5. The molecule has 1 saturated heterocycles. The summed E-state index contributed by atoms with van der Waals surface area (Å²) in [7, 11) is 2.19. The lowest BCUT2D eigenvalue weighted by atomic mass is 10.1. The summed E-state index contributed by atoms with van der Waals surface area (Å²) >= 11 is 1.70. The summed E-state index contributed by atoms with van der Waals surface area (Å²) in [5.74, 6) is 1.99. The standard InChI is InChI=1S/C21H36FN5S.HI/c1-5-23-21(24-13-17(2)15-27-10-8-26(3)9-11-27)25-14-18-6-7-20(22)12-19(18)16-28-4;/h6-7,12,17H,5,8-11,13-16H2,1-4H3,(H2,23,24,25);1H. The van der Waals surface area contributed by atoms with E-state index in [4.69, 9.17) is 4.99 Å². The minimum atomic E-state index is -0.181. The van der Waals surface area contributed by atoms with E-state index in [1.165, 1.54) is 6.07 Å². The van der Waals surface area contributed by atoms with Crippen LogP contribution in [0.1, 0.15) is 25.0 Å². The summed E-state index contributed by atoms with van der Waals surface area (Å²) in [6, 6.07) is 5.00. The molecule has 0 amide bonds. The average Bonchev–Trinajstić information content (AvgIpc) is 2.67. The molecule has 29 heavy (non-hydrogen) atoms. The summed E-state index contributed by atoms with van der Waals surface area (Å²) in [6.07, 6.45) is 2.03. The highest BCUT2D eigenvalue weighted by atomic mass is 127. The second kappa shape index (κ2) is 14.4. The second-order valence-corrected chi connectivity index (χ2v) is 8.50. The number of guanidine groups is 1. The zero-order valence-corrected chi connectivity index (χ0v) is 21.4. The summed E-state index contributed by atoms with van der Waals surface area (Å²) in [5.41, 5.74) is 2.11. The molecule has 5 nitrogen and oxygen atoms in total. The van der Waals surface area contributed by atoms with E-state index in [-0.39, 0.29) is 29.8 Å². The van der Waals surface area contributed by atoms with E-state index in [9.17, 15) is 4.39 Å². The third-order valence-electron chi connectivity index (χ3n) is 5.00. The van der Waals surface area contributed by atoms with Crippen molar-refractivity contribution in [1.29, 1.82) is 0 Å². The number of aliphatic imine (C=N–C) groups is 1. The molecule has 0 spiro atoms. The molecule has 166 valence electrons. The first kappa shape index (κ1) is 26.5. The highest BCUT2D eigenvalue weighted by Gasteiger charge is 2.16. The Morgan fingerprint density at radius 1 is 1.21 bits per heavy atom. The molecule has 0 aliphatic carbocycles. The number of rotatable bonds is 9. The monoisotopic (exact) mass is 537 g/mol. The lowest BCUT2D eigenvalue weighted by Crippen LogP contribution is -2.47. The molecule has 0 saturated carbocycles. The predicted molar refractivity (Wildman–Crippen MR) is 135 cm³/mol. The lowest BCUT2D eigenvalue weighted by Gasteiger charge is -2.34. The molecular formula is C21H37FIN5S. The van der Waals surface area contributed by atoms with Gasteiger partial charge in [-0.25, -0.2) is 9.38 Å². The van der Waals surface area contributed by atoms with Gasteiger partial charge in [0.05, 0.1) is 6.54 Å². The van der Waals surface area contributed by atoms with Gasteiger partial charge in [-0.3, -0.25) is 0 Å². The Labute approximate surface area is 197 Å². The Kier molecular flexibility index (Phi) is 13.2. The van der Waals surface area contributed by atoms with Crippen molar-refractivity contribution in [2.24, 2.45) is 10.9 Å². The highest BCUT2D eigenvalue weighted by molar-refractivity contribution is 14.0. The molecular weight excluding hydrogens is 500 g/mol. The number of benzene rings is 1. The zero-order chi connectivity index (χ0) is 20.4. The molecule has 1 aliphatic heterocycles. The van der Waals surface area contributed by atoms with Crippen LogP contribution in [-0.4, -0.2) is 74.9 Å². The molecule has 0 aromatic heterocycles. The Morgan fingerprint density at radius 2 is 1.93 bits per heavy atom. The van der Waals surface area contributed by atoms with Gasteiger partial charge in [-0.15, -0.1) is 24.0 Å². The molecule has 1 fully saturated rings. The number of thioether (sulfide) groups is 1. The normalized spacial score (nSPS) is 16.9. The highest BCUT2D eigenvalue weighted by Crippen LogP contribution is 2.17. The van der Waals surface area contributed by atoms with E-state index in [1.54, 1.807) is 17.8 Å². The van der Waals surface area contributed by atoms with Crippen molar-refractivity contribution in [2.45, 2.75) is 26.1 Å². The van der Waals surface area contributed by atoms with Gasteiger partial charge in [-0.2, -0.15) is 11.8 Å². The molecule has 1 aromatic rings. The fourth-order valence-corrected chi connectivity index (χ4v) is 3.93. The Balaban J connectivity index is 0.00000420. The molecule has 1 atom stereocenters. The van der Waals surface area contributed by atoms with Crippen LogP contribution in [0.25, 0.3) is 0 Å². The van der Waals surface area contributed by atoms with Crippen LogP contribution in [0.15, 0.2) is 23.2 Å². The van der Waals surface area contributed by atoms with Gasteiger partial charge in [0.2, 0.25) is 0 Å². The van der Waals surface area contributed by atoms with Crippen LogP contribution in [0.3, 0.4) is 0 Å². The molecule has 8 heteroatoms. The minimum Gasteiger partial charge on any atom is -0.357 e. The molecule has 0 bridgehead atoms. The number of hydrogen-bond acceptors (Lipinski definition) is 4. The maximum Gasteiger partial charge on any atom is 0.191 e. The minimum absolute atomic E-state index is 0. The van der Waals surface area contributed by atoms with Gasteiger partial charge in [0, 0.05) is 51.6 Å². The van der Waals surface area contributed by atoms with Crippen molar-refractivity contribution >= 4 is 41.7 Å². The van der Waals surface area contributed by atoms with Crippen molar-refractivity contribution < 1.29 is 4.39 Å². The van der Waals surface area contributed by atoms with Crippen LogP contribution >= 0.6 is 35.7 Å². The van der Waals surface area contributed by atoms with Crippen LogP contribution < -0.4 is 10.6 Å². The van der Waals surface area contributed by atoms with Crippen molar-refractivity contribution in [3.05, 3.63) is 35.1 Å². The van der Waals surface area contributed by atoms with Gasteiger partial charge in [0.15, 0.2) is 5.96 Å². The Bertz CT molecular complexity index is 623. The van der Waals surface area contributed by atoms with E-state index < -0.39 is 0 Å². The molecule has 2 N–H and O–H groups in total. The summed E-state index contributed by atoms with van der Waals surface area (Å²) in [6.45, 7) is 12.3. The number of likely N-dealkylation sites (N-methyl/N-ethyl adjacent to an activating group) is 1. The Hall–Kier alpha value is -0.580. The SMILES string of the molecule is CCNC(=NCc1ccc(F)cc1CSC)NCC(C)CN1CCN(C)CC1.I. The fraction of sp³-hybridized carbons (Fsp3) is 0.667. The van der Waals surface area contributed by atoms with Gasteiger partial charge >= 0.3 is 0 Å². The van der Waals surface area contributed by atoms with Crippen molar-refractivity contribution in [1.82, 2.24) is 20.4 Å². The van der Waals surface area contributed by atoms with E-state index in [0.717, 1.165) is 68.7 Å². The molecule has 2 rings (SSSR count). The fourth-order valence-electron chi connectivity index (χ4n) is 3.35. The molecule has 1 heterocycles. The first-order chi connectivity index (χ1) is 13.5. The summed E-state index contributed by atoms with van der Waals surface area (Å²) < 4.78 is 13.5. The van der Waals surface area contributed by atoms with Crippen molar-refractivity contribution in [3.8, 4) is 0 Å². The zero-order valence-electron chi connectivity index (χ0n) is 18.2. The van der Waals surface area contributed by atoms with E-state index in [0.29, 0.717) is 12.5 Å². The summed E-state index contributed by atoms with van der Waals surface area (Å²) in [4.78, 5) is 9.66. The van der Waals surface area contributed by atoms with Crippen molar-refractivity contribution in [3.63, 3.8) is 0 Å². The van der Waals surface area contributed by atoms with Gasteiger partial charge in [-0.1, -0.05) is 13.0 Å². The quantitative estimate of drug-likeness (QED) is 0.288. The van der Waals surface area contributed by atoms with Crippen LogP contribution in [0, 0.1) is 11.7 Å². The van der Waals surface area contributed by atoms with Gasteiger partial charge < -0.3 is 20.4 Å². The second-order valence-electron chi connectivity index (χ2n) is 7.63. The van der Waals surface area contributed by atoms with E-state index >= 15 is 0 Å². The van der Waals surface area contributed by atoms with Gasteiger partial charge in [-0.05, 0) is 49.4 Å². The van der Waals surface area contributed by atoms with Crippen molar-refractivity contribution in [2.75, 3.05) is 59.1 Å². The number of nitrogens with zero attached hydrogens (tertiary/aromatic N) is 3. The van der Waals surface area contributed by atoms with Crippen LogP contribution in [-0.2, 0) is 12.3 Å². The largest absolute Gasteiger partial charge is 0.357 e. The van der Waals surface area contributed by atoms with Crippen LogP contribution in [0.4, 0.5) is 4.39 Å². The molecule has 0 radical (unpaired) electrons. The van der Waals surface area contributed by atoms with Gasteiger partial charge in [0.1, 0.15) is 5.82 Å². The molecule has 1 aliphatic rings. The number of hydrogen-bond donors (Lipinski definition) is 2. The third-order valence-corrected chi connectivity index (χ3v) is 5.60.